The second-order valence-electron chi connectivity index (χ2n) is 4.20. The fraction of sp³-hybridized carbons (Fsp3) is 0. The molecule has 0 amide bonds. The summed E-state index contributed by atoms with van der Waals surface area (Å²) in [4.78, 5) is 9.58. The van der Waals surface area contributed by atoms with Crippen molar-refractivity contribution in [2.45, 2.75) is 0 Å². The van der Waals surface area contributed by atoms with Gasteiger partial charge in [0, 0.05) is 12.4 Å². The highest BCUT2D eigenvalue weighted by atomic mass is 32.1. The standard InChI is InChI=1S/C13H9N5S/c14-12-1-2-13-16-6-9(18(13)17-12)10-5-8-3-4-15-7-11(8)19-10/h1-7H,(H2,14,17). The number of anilines is 1. The molecule has 0 aliphatic heterocycles. The first-order valence-electron chi connectivity index (χ1n) is 5.75. The molecule has 0 fully saturated rings. The number of imidazole rings is 1. The van der Waals surface area contributed by atoms with Crippen LogP contribution in [0.3, 0.4) is 0 Å². The zero-order chi connectivity index (χ0) is 12.8. The van der Waals surface area contributed by atoms with E-state index in [4.69, 9.17) is 5.73 Å². The van der Waals surface area contributed by atoms with Crippen molar-refractivity contribution in [1.82, 2.24) is 19.6 Å². The molecule has 0 atom stereocenters. The van der Waals surface area contributed by atoms with E-state index < -0.39 is 0 Å². The zero-order valence-corrected chi connectivity index (χ0v) is 10.6. The van der Waals surface area contributed by atoms with Gasteiger partial charge in [0.2, 0.25) is 0 Å². The molecule has 0 bridgehead atoms. The highest BCUT2D eigenvalue weighted by Crippen LogP contribution is 2.32. The van der Waals surface area contributed by atoms with E-state index in [1.54, 1.807) is 28.1 Å². The van der Waals surface area contributed by atoms with Crippen LogP contribution in [0.4, 0.5) is 5.82 Å². The van der Waals surface area contributed by atoms with Crippen LogP contribution < -0.4 is 5.73 Å². The van der Waals surface area contributed by atoms with E-state index in [9.17, 15) is 0 Å². The number of fused-ring (bicyclic) bond motifs is 2. The lowest BCUT2D eigenvalue weighted by Gasteiger charge is -1.98. The highest BCUT2D eigenvalue weighted by molar-refractivity contribution is 7.22. The van der Waals surface area contributed by atoms with Gasteiger partial charge in [-0.1, -0.05) is 0 Å². The Morgan fingerprint density at radius 2 is 2.11 bits per heavy atom. The van der Waals surface area contributed by atoms with Crippen LogP contribution in [0.25, 0.3) is 26.3 Å². The van der Waals surface area contributed by atoms with Crippen molar-refractivity contribution < 1.29 is 0 Å². The molecule has 0 saturated carbocycles. The summed E-state index contributed by atoms with van der Waals surface area (Å²) in [6, 6.07) is 7.73. The number of aromatic nitrogens is 4. The van der Waals surface area contributed by atoms with Gasteiger partial charge in [-0.2, -0.15) is 0 Å². The van der Waals surface area contributed by atoms with Crippen molar-refractivity contribution in [3.8, 4) is 10.6 Å². The van der Waals surface area contributed by atoms with Gasteiger partial charge in [0.05, 0.1) is 15.8 Å². The molecule has 0 aliphatic carbocycles. The Morgan fingerprint density at radius 3 is 3.00 bits per heavy atom. The maximum atomic E-state index is 5.74. The summed E-state index contributed by atoms with van der Waals surface area (Å²) in [7, 11) is 0. The van der Waals surface area contributed by atoms with Crippen LogP contribution >= 0.6 is 11.3 Å². The number of nitrogen functional groups attached to an aromatic ring is 1. The molecule has 4 rings (SSSR count). The molecule has 0 aliphatic rings. The van der Waals surface area contributed by atoms with Crippen molar-refractivity contribution in [1.29, 1.82) is 0 Å². The monoisotopic (exact) mass is 267 g/mol. The number of nitrogens with two attached hydrogens (primary N) is 1. The predicted octanol–water partition coefficient (Wildman–Crippen LogP) is 2.59. The number of thiophene rings is 1. The molecule has 2 N–H and O–H groups in total. The van der Waals surface area contributed by atoms with Gasteiger partial charge in [0.1, 0.15) is 11.5 Å². The Hall–Kier alpha value is -2.47. The second-order valence-corrected chi connectivity index (χ2v) is 5.28. The quantitative estimate of drug-likeness (QED) is 0.575. The third kappa shape index (κ3) is 1.57. The summed E-state index contributed by atoms with van der Waals surface area (Å²) < 4.78 is 2.92. The summed E-state index contributed by atoms with van der Waals surface area (Å²) in [6.45, 7) is 0. The SMILES string of the molecule is Nc1ccc2ncc(-c3cc4ccncc4s3)n2n1. The molecule has 0 radical (unpaired) electrons. The maximum Gasteiger partial charge on any atom is 0.154 e. The van der Waals surface area contributed by atoms with Gasteiger partial charge in [0.25, 0.3) is 0 Å². The summed E-state index contributed by atoms with van der Waals surface area (Å²) in [5.74, 6) is 0.481. The third-order valence-electron chi connectivity index (χ3n) is 2.96. The molecule has 92 valence electrons. The van der Waals surface area contributed by atoms with E-state index in [2.05, 4.69) is 21.1 Å². The maximum absolute atomic E-state index is 5.74. The molecule has 4 heterocycles. The molecule has 19 heavy (non-hydrogen) atoms. The third-order valence-corrected chi connectivity index (χ3v) is 4.07. The summed E-state index contributed by atoms with van der Waals surface area (Å²) in [5, 5.41) is 5.48. The van der Waals surface area contributed by atoms with Crippen molar-refractivity contribution in [3.05, 3.63) is 42.9 Å². The Bertz CT molecular complexity index is 859. The number of hydrogen-bond donors (Lipinski definition) is 1. The number of rotatable bonds is 1. The Morgan fingerprint density at radius 1 is 1.16 bits per heavy atom. The van der Waals surface area contributed by atoms with Gasteiger partial charge in [-0.3, -0.25) is 4.98 Å². The molecular formula is C13H9N5S. The van der Waals surface area contributed by atoms with Crippen LogP contribution in [-0.2, 0) is 0 Å². The van der Waals surface area contributed by atoms with Crippen molar-refractivity contribution in [2.24, 2.45) is 0 Å². The van der Waals surface area contributed by atoms with Crippen LogP contribution in [0.1, 0.15) is 0 Å². The van der Waals surface area contributed by atoms with Crippen LogP contribution in [0.5, 0.6) is 0 Å². The minimum absolute atomic E-state index is 0.481. The summed E-state index contributed by atoms with van der Waals surface area (Å²) in [5.41, 5.74) is 7.48. The average molecular weight is 267 g/mol. The van der Waals surface area contributed by atoms with Crippen LogP contribution in [0.15, 0.2) is 42.9 Å². The minimum Gasteiger partial charge on any atom is -0.382 e. The lowest BCUT2D eigenvalue weighted by atomic mass is 10.3. The fourth-order valence-corrected chi connectivity index (χ4v) is 3.09. The average Bonchev–Trinajstić information content (AvgIpc) is 3.00. The number of nitrogens with zero attached hydrogens (tertiary/aromatic N) is 4. The van der Waals surface area contributed by atoms with E-state index in [1.165, 1.54) is 5.39 Å². The van der Waals surface area contributed by atoms with Gasteiger partial charge in [-0.15, -0.1) is 16.4 Å². The van der Waals surface area contributed by atoms with E-state index in [0.717, 1.165) is 20.9 Å². The van der Waals surface area contributed by atoms with Crippen LogP contribution in [0, 0.1) is 0 Å². The van der Waals surface area contributed by atoms with Crippen molar-refractivity contribution in [2.75, 3.05) is 5.73 Å². The minimum atomic E-state index is 0.481. The molecular weight excluding hydrogens is 258 g/mol. The van der Waals surface area contributed by atoms with E-state index in [1.807, 2.05) is 24.5 Å². The zero-order valence-electron chi connectivity index (χ0n) is 9.82. The molecule has 6 heteroatoms. The largest absolute Gasteiger partial charge is 0.382 e. The first-order valence-corrected chi connectivity index (χ1v) is 6.57. The van der Waals surface area contributed by atoms with Crippen molar-refractivity contribution in [3.63, 3.8) is 0 Å². The molecule has 0 aromatic carbocycles. The van der Waals surface area contributed by atoms with Gasteiger partial charge >= 0.3 is 0 Å². The smallest absolute Gasteiger partial charge is 0.154 e. The summed E-state index contributed by atoms with van der Waals surface area (Å²) in [6.07, 6.45) is 5.48. The van der Waals surface area contributed by atoms with Crippen molar-refractivity contribution >= 4 is 32.9 Å². The molecule has 0 saturated heterocycles. The highest BCUT2D eigenvalue weighted by Gasteiger charge is 2.10. The topological polar surface area (TPSA) is 69.1 Å². The Balaban J connectivity index is 2.00. The second kappa shape index (κ2) is 3.76. The van der Waals surface area contributed by atoms with Crippen LogP contribution in [-0.4, -0.2) is 19.6 Å². The molecule has 0 unspecified atom stereocenters. The molecule has 4 aromatic rings. The lowest BCUT2D eigenvalue weighted by Crippen LogP contribution is -1.98. The van der Waals surface area contributed by atoms with E-state index in [-0.39, 0.29) is 0 Å². The Kier molecular flexibility index (Phi) is 2.07. The first kappa shape index (κ1) is 10.5. The summed E-state index contributed by atoms with van der Waals surface area (Å²) >= 11 is 1.67. The van der Waals surface area contributed by atoms with Gasteiger partial charge in [0.15, 0.2) is 5.65 Å². The van der Waals surface area contributed by atoms with Crippen LogP contribution in [0.2, 0.25) is 0 Å². The van der Waals surface area contributed by atoms with Gasteiger partial charge in [-0.05, 0) is 29.7 Å². The Labute approximate surface area is 112 Å². The van der Waals surface area contributed by atoms with Gasteiger partial charge in [-0.25, -0.2) is 9.50 Å². The number of hydrogen-bond acceptors (Lipinski definition) is 5. The molecule has 5 nitrogen and oxygen atoms in total. The van der Waals surface area contributed by atoms with E-state index in [0.29, 0.717) is 5.82 Å². The fourth-order valence-electron chi connectivity index (χ4n) is 2.07. The first-order chi connectivity index (χ1) is 9.31. The molecule has 4 aromatic heterocycles. The normalized spacial score (nSPS) is 11.4. The predicted molar refractivity (Wildman–Crippen MR) is 76.0 cm³/mol. The van der Waals surface area contributed by atoms with Gasteiger partial charge < -0.3 is 5.73 Å². The molecule has 0 spiro atoms. The lowest BCUT2D eigenvalue weighted by molar-refractivity contribution is 0.954. The number of pyridine rings is 1. The van der Waals surface area contributed by atoms with E-state index >= 15 is 0 Å².